The summed E-state index contributed by atoms with van der Waals surface area (Å²) in [5.41, 5.74) is -0.255. The molecular formula is C36H34O6. The molecule has 0 saturated carbocycles. The van der Waals surface area contributed by atoms with Crippen molar-refractivity contribution in [2.45, 2.75) is 37.4 Å². The number of rotatable bonds is 8. The molecule has 2 heterocycles. The molecule has 0 aliphatic carbocycles. The van der Waals surface area contributed by atoms with Crippen LogP contribution in [0.2, 0.25) is 0 Å². The molecule has 2 bridgehead atoms. The van der Waals surface area contributed by atoms with Crippen LogP contribution in [0.3, 0.4) is 0 Å². The zero-order valence-corrected chi connectivity index (χ0v) is 24.0. The minimum absolute atomic E-state index is 0.0927. The minimum Gasteiger partial charge on any atom is -0.497 e. The summed E-state index contributed by atoms with van der Waals surface area (Å²) in [5, 5.41) is 0. The van der Waals surface area contributed by atoms with Crippen molar-refractivity contribution in [3.05, 3.63) is 137 Å². The maximum Gasteiger partial charge on any atom is 0.327 e. The molecule has 6 nitrogen and oxygen atoms in total. The van der Waals surface area contributed by atoms with Crippen molar-refractivity contribution in [2.24, 2.45) is 5.41 Å². The summed E-state index contributed by atoms with van der Waals surface area (Å²) in [6, 6.07) is 35.3. The SMILES string of the molecule is CCOC(=O)C1(C(=O)OCC)C[C@@H](c2ccc(OC)cc2)[C@@]2(c3ccccc3)O[C@]1(c1ccccc1)c1ccccc12. The van der Waals surface area contributed by atoms with Crippen LogP contribution in [0.4, 0.5) is 0 Å². The molecule has 1 fully saturated rings. The van der Waals surface area contributed by atoms with Gasteiger partial charge in [-0.3, -0.25) is 9.59 Å². The number of ether oxygens (including phenoxy) is 4. The van der Waals surface area contributed by atoms with Crippen LogP contribution < -0.4 is 4.74 Å². The first-order valence-corrected chi connectivity index (χ1v) is 14.4. The number of hydrogen-bond acceptors (Lipinski definition) is 6. The van der Waals surface area contributed by atoms with Gasteiger partial charge in [-0.25, -0.2) is 0 Å². The van der Waals surface area contributed by atoms with Crippen LogP contribution in [0.1, 0.15) is 54.0 Å². The predicted octanol–water partition coefficient (Wildman–Crippen LogP) is 6.51. The van der Waals surface area contributed by atoms with E-state index in [0.717, 1.165) is 22.3 Å². The van der Waals surface area contributed by atoms with E-state index >= 15 is 0 Å². The third kappa shape index (κ3) is 3.75. The predicted molar refractivity (Wildman–Crippen MR) is 158 cm³/mol. The van der Waals surface area contributed by atoms with Crippen LogP contribution in [-0.2, 0) is 35.0 Å². The Morgan fingerprint density at radius 1 is 0.714 bits per heavy atom. The highest BCUT2D eigenvalue weighted by Crippen LogP contribution is 2.71. The van der Waals surface area contributed by atoms with Gasteiger partial charge in [0.25, 0.3) is 0 Å². The van der Waals surface area contributed by atoms with Gasteiger partial charge in [0.05, 0.1) is 20.3 Å². The molecule has 0 amide bonds. The van der Waals surface area contributed by atoms with Gasteiger partial charge in [0, 0.05) is 5.92 Å². The van der Waals surface area contributed by atoms with E-state index in [4.69, 9.17) is 18.9 Å². The molecule has 0 spiro atoms. The normalized spacial score (nSPS) is 23.5. The van der Waals surface area contributed by atoms with Gasteiger partial charge in [-0.15, -0.1) is 0 Å². The van der Waals surface area contributed by atoms with Gasteiger partial charge in [0.15, 0.2) is 0 Å². The molecular weight excluding hydrogens is 528 g/mol. The van der Waals surface area contributed by atoms with Crippen molar-refractivity contribution < 1.29 is 28.5 Å². The molecule has 4 aromatic rings. The van der Waals surface area contributed by atoms with Gasteiger partial charge in [0.2, 0.25) is 5.41 Å². The van der Waals surface area contributed by atoms with E-state index in [1.54, 1.807) is 21.0 Å². The van der Waals surface area contributed by atoms with Gasteiger partial charge in [-0.05, 0) is 60.2 Å². The lowest BCUT2D eigenvalue weighted by molar-refractivity contribution is -0.236. The fourth-order valence-electron chi connectivity index (χ4n) is 7.10. The van der Waals surface area contributed by atoms with Crippen molar-refractivity contribution in [3.8, 4) is 5.75 Å². The molecule has 1 saturated heterocycles. The summed E-state index contributed by atoms with van der Waals surface area (Å²) in [7, 11) is 1.62. The van der Waals surface area contributed by atoms with E-state index in [9.17, 15) is 9.59 Å². The second kappa shape index (κ2) is 10.8. The largest absolute Gasteiger partial charge is 0.497 e. The summed E-state index contributed by atoms with van der Waals surface area (Å²) < 4.78 is 24.6. The van der Waals surface area contributed by atoms with E-state index in [-0.39, 0.29) is 19.6 Å². The Morgan fingerprint density at radius 3 is 1.79 bits per heavy atom. The van der Waals surface area contributed by atoms with Gasteiger partial charge < -0.3 is 18.9 Å². The molecule has 6 heteroatoms. The Balaban J connectivity index is 1.77. The molecule has 3 atom stereocenters. The highest BCUT2D eigenvalue weighted by molar-refractivity contribution is 6.03. The van der Waals surface area contributed by atoms with Crippen molar-refractivity contribution in [3.63, 3.8) is 0 Å². The summed E-state index contributed by atoms with van der Waals surface area (Å²) in [6.07, 6.45) is 0.0927. The maximum absolute atomic E-state index is 14.5. The standard InChI is InChI=1S/C36H34O6/c1-4-40-32(37)34(33(38)41-5-2)24-31(25-20-22-28(39-3)23-21-25)35(26-14-8-6-9-15-26)29-18-12-13-19-30(29)36(34,42-35)27-16-10-7-11-17-27/h6-23,31H,4-5,24H2,1-3H3/t31-,35-,36+/m0/s1. The molecule has 42 heavy (non-hydrogen) atoms. The Labute approximate surface area is 246 Å². The van der Waals surface area contributed by atoms with Crippen molar-refractivity contribution >= 4 is 11.9 Å². The topological polar surface area (TPSA) is 71.1 Å². The lowest BCUT2D eigenvalue weighted by Crippen LogP contribution is -2.63. The monoisotopic (exact) mass is 562 g/mol. The molecule has 2 aliphatic heterocycles. The van der Waals surface area contributed by atoms with Crippen LogP contribution in [0.15, 0.2) is 109 Å². The van der Waals surface area contributed by atoms with Crippen molar-refractivity contribution in [2.75, 3.05) is 20.3 Å². The van der Waals surface area contributed by atoms with Crippen molar-refractivity contribution in [1.82, 2.24) is 0 Å². The molecule has 0 aromatic heterocycles. The number of fused-ring (bicyclic) bond motifs is 5. The fraction of sp³-hybridized carbons (Fsp3) is 0.278. The van der Waals surface area contributed by atoms with Gasteiger partial charge >= 0.3 is 11.9 Å². The molecule has 214 valence electrons. The molecule has 0 N–H and O–H groups in total. The first kappa shape index (κ1) is 27.7. The third-order valence-corrected chi connectivity index (χ3v) is 8.77. The number of esters is 2. The first-order chi connectivity index (χ1) is 20.5. The lowest BCUT2D eigenvalue weighted by Gasteiger charge is -2.54. The van der Waals surface area contributed by atoms with Crippen LogP contribution in [-0.4, -0.2) is 32.3 Å². The second-order valence-corrected chi connectivity index (χ2v) is 10.7. The highest BCUT2D eigenvalue weighted by atomic mass is 16.6. The number of benzene rings is 4. The van der Waals surface area contributed by atoms with E-state index < -0.39 is 34.5 Å². The van der Waals surface area contributed by atoms with Gasteiger partial charge in [0.1, 0.15) is 17.0 Å². The van der Waals surface area contributed by atoms with Crippen molar-refractivity contribution in [1.29, 1.82) is 0 Å². The average molecular weight is 563 g/mol. The summed E-state index contributed by atoms with van der Waals surface area (Å²) in [4.78, 5) is 29.0. The second-order valence-electron chi connectivity index (χ2n) is 10.7. The van der Waals surface area contributed by atoms with Crippen LogP contribution in [0.25, 0.3) is 0 Å². The zero-order chi connectivity index (χ0) is 29.4. The van der Waals surface area contributed by atoms with Crippen LogP contribution >= 0.6 is 0 Å². The van der Waals surface area contributed by atoms with Gasteiger partial charge in [-0.2, -0.15) is 0 Å². The summed E-state index contributed by atoms with van der Waals surface area (Å²) in [6.45, 7) is 3.69. The van der Waals surface area contributed by atoms with Crippen LogP contribution in [0, 0.1) is 5.41 Å². The molecule has 0 radical (unpaired) electrons. The van der Waals surface area contributed by atoms with Gasteiger partial charge in [-0.1, -0.05) is 97.1 Å². The molecule has 4 aromatic carbocycles. The van der Waals surface area contributed by atoms with Crippen LogP contribution in [0.5, 0.6) is 5.75 Å². The van der Waals surface area contributed by atoms with E-state index in [1.165, 1.54) is 0 Å². The number of carbonyl (C=O) groups is 2. The Hall–Kier alpha value is -4.42. The lowest BCUT2D eigenvalue weighted by atomic mass is 9.59. The Kier molecular flexibility index (Phi) is 7.11. The third-order valence-electron chi connectivity index (χ3n) is 8.77. The fourth-order valence-corrected chi connectivity index (χ4v) is 7.10. The Bertz CT molecular complexity index is 1560. The average Bonchev–Trinajstić information content (AvgIpc) is 3.31. The smallest absolute Gasteiger partial charge is 0.327 e. The first-order valence-electron chi connectivity index (χ1n) is 14.4. The molecule has 2 aliphatic rings. The molecule has 6 rings (SSSR count). The highest BCUT2D eigenvalue weighted by Gasteiger charge is 2.78. The van der Waals surface area contributed by atoms with E-state index in [1.807, 2.05) is 91.0 Å². The molecule has 0 unspecified atom stereocenters. The number of carbonyl (C=O) groups excluding carboxylic acids is 2. The minimum atomic E-state index is -1.85. The number of hydrogen-bond donors (Lipinski definition) is 0. The number of methoxy groups -OCH3 is 1. The maximum atomic E-state index is 14.5. The quantitative estimate of drug-likeness (QED) is 0.180. The van der Waals surface area contributed by atoms with E-state index in [0.29, 0.717) is 11.3 Å². The zero-order valence-electron chi connectivity index (χ0n) is 24.0. The van der Waals surface area contributed by atoms with E-state index in [2.05, 4.69) is 18.2 Å². The summed E-state index contributed by atoms with van der Waals surface area (Å²) in [5.74, 6) is -1.09. The summed E-state index contributed by atoms with van der Waals surface area (Å²) >= 11 is 0. The Morgan fingerprint density at radius 2 is 1.24 bits per heavy atom.